The molecular formula is C22H26O7. The highest BCUT2D eigenvalue weighted by molar-refractivity contribution is 6.24. The van der Waals surface area contributed by atoms with Crippen LogP contribution in [0.15, 0.2) is 35.5 Å². The average Bonchev–Trinajstić information content (AvgIpc) is 2.66. The molecule has 0 aromatic carbocycles. The predicted molar refractivity (Wildman–Crippen MR) is 102 cm³/mol. The molecular weight excluding hydrogens is 376 g/mol. The zero-order valence-electron chi connectivity index (χ0n) is 16.7. The Hall–Kier alpha value is -2.54. The topological polar surface area (TPSA) is 107 Å². The fraction of sp³-hybridized carbons (Fsp3) is 0.545. The fourth-order valence-electron chi connectivity index (χ4n) is 5.83. The molecule has 0 saturated heterocycles. The zero-order valence-corrected chi connectivity index (χ0v) is 16.7. The van der Waals surface area contributed by atoms with Gasteiger partial charge in [0.05, 0.1) is 18.3 Å². The monoisotopic (exact) mass is 402 g/mol. The van der Waals surface area contributed by atoms with Crippen LogP contribution in [0.25, 0.3) is 0 Å². The van der Waals surface area contributed by atoms with Crippen molar-refractivity contribution in [2.45, 2.75) is 51.7 Å². The smallest absolute Gasteiger partial charge is 0.293 e. The van der Waals surface area contributed by atoms with Crippen LogP contribution in [0.2, 0.25) is 0 Å². The molecule has 3 rings (SSSR count). The van der Waals surface area contributed by atoms with Crippen LogP contribution in [0.5, 0.6) is 0 Å². The number of aliphatic hydroxyl groups is 1. The summed E-state index contributed by atoms with van der Waals surface area (Å²) in [7, 11) is 0. The number of fused-ring (bicyclic) bond motifs is 2. The summed E-state index contributed by atoms with van der Waals surface area (Å²) in [5.41, 5.74) is -0.840. The molecule has 7 nitrogen and oxygen atoms in total. The number of carbonyl (C=O) groups is 4. The van der Waals surface area contributed by atoms with E-state index in [1.807, 2.05) is 13.8 Å². The first-order valence-corrected chi connectivity index (χ1v) is 9.72. The van der Waals surface area contributed by atoms with Gasteiger partial charge in [-0.3, -0.25) is 19.2 Å². The van der Waals surface area contributed by atoms with E-state index < -0.39 is 34.7 Å². The summed E-state index contributed by atoms with van der Waals surface area (Å²) in [5.74, 6) is -1.25. The molecule has 1 N–H and O–H groups in total. The van der Waals surface area contributed by atoms with Gasteiger partial charge >= 0.3 is 0 Å². The van der Waals surface area contributed by atoms with E-state index in [9.17, 15) is 24.3 Å². The molecule has 156 valence electrons. The maximum Gasteiger partial charge on any atom is 0.293 e. The van der Waals surface area contributed by atoms with Crippen molar-refractivity contribution in [2.75, 3.05) is 6.61 Å². The first kappa shape index (κ1) is 21.2. The van der Waals surface area contributed by atoms with Crippen molar-refractivity contribution in [3.05, 3.63) is 35.5 Å². The number of Topliss-reactive ketones (excluding diaryl/α,β-unsaturated/α-hetero) is 1. The number of hydrogen-bond donors (Lipinski definition) is 1. The lowest BCUT2D eigenvalue weighted by Crippen LogP contribution is -2.61. The van der Waals surface area contributed by atoms with Gasteiger partial charge in [0.2, 0.25) is 0 Å². The fourth-order valence-corrected chi connectivity index (χ4v) is 5.83. The minimum Gasteiger partial charge on any atom is -0.467 e. The zero-order chi connectivity index (χ0) is 21.4. The molecule has 3 aliphatic carbocycles. The maximum absolute atomic E-state index is 13.2. The van der Waals surface area contributed by atoms with Gasteiger partial charge in [0, 0.05) is 27.9 Å². The Labute approximate surface area is 169 Å². The molecule has 0 aromatic rings. The van der Waals surface area contributed by atoms with Gasteiger partial charge in [-0.05, 0) is 25.3 Å². The first-order chi connectivity index (χ1) is 13.7. The molecule has 0 amide bonds. The lowest BCUT2D eigenvalue weighted by atomic mass is 9.47. The van der Waals surface area contributed by atoms with Crippen molar-refractivity contribution >= 4 is 24.5 Å². The molecule has 3 aliphatic rings. The third-order valence-electron chi connectivity index (χ3n) is 6.79. The molecule has 0 aromatic heterocycles. The summed E-state index contributed by atoms with van der Waals surface area (Å²) >= 11 is 0. The van der Waals surface area contributed by atoms with Crippen LogP contribution in [-0.4, -0.2) is 48.4 Å². The number of hydrogen-bond acceptors (Lipinski definition) is 7. The minimum atomic E-state index is -1.25. The van der Waals surface area contributed by atoms with E-state index >= 15 is 0 Å². The summed E-state index contributed by atoms with van der Waals surface area (Å²) in [6.45, 7) is 7.97. The van der Waals surface area contributed by atoms with E-state index in [-0.39, 0.29) is 36.4 Å². The van der Waals surface area contributed by atoms with Gasteiger partial charge in [-0.1, -0.05) is 26.3 Å². The second-order valence-electron chi connectivity index (χ2n) is 8.60. The SMILES string of the molecule is C=CCC1=CC(=O)C2=C(C1=O)[C@H](OC=O)[C@@H](O)[C@H]1[C@@](C)(COC=O)CCC[C@]21C. The lowest BCUT2D eigenvalue weighted by Gasteiger charge is -2.58. The molecule has 0 bridgehead atoms. The molecule has 1 saturated carbocycles. The number of carbonyl (C=O) groups excluding carboxylic acids is 4. The van der Waals surface area contributed by atoms with Crippen LogP contribution in [0.3, 0.4) is 0 Å². The summed E-state index contributed by atoms with van der Waals surface area (Å²) in [6, 6.07) is 0. The van der Waals surface area contributed by atoms with Crippen LogP contribution in [0.4, 0.5) is 0 Å². The second-order valence-corrected chi connectivity index (χ2v) is 8.60. The number of ketones is 2. The van der Waals surface area contributed by atoms with Gasteiger partial charge in [-0.2, -0.15) is 0 Å². The quantitative estimate of drug-likeness (QED) is 0.393. The molecule has 1 fully saturated rings. The van der Waals surface area contributed by atoms with E-state index in [1.54, 1.807) is 0 Å². The van der Waals surface area contributed by atoms with Crippen LogP contribution in [-0.2, 0) is 28.7 Å². The van der Waals surface area contributed by atoms with Crippen molar-refractivity contribution in [2.24, 2.45) is 16.7 Å². The van der Waals surface area contributed by atoms with Crippen molar-refractivity contribution < 1.29 is 33.8 Å². The van der Waals surface area contributed by atoms with E-state index in [2.05, 4.69) is 6.58 Å². The highest BCUT2D eigenvalue weighted by Crippen LogP contribution is 2.61. The van der Waals surface area contributed by atoms with E-state index in [4.69, 9.17) is 9.47 Å². The van der Waals surface area contributed by atoms with Crippen molar-refractivity contribution in [3.8, 4) is 0 Å². The second kappa shape index (κ2) is 7.71. The van der Waals surface area contributed by atoms with Crippen molar-refractivity contribution in [1.82, 2.24) is 0 Å². The molecule has 5 atom stereocenters. The molecule has 0 radical (unpaired) electrons. The van der Waals surface area contributed by atoms with Crippen LogP contribution in [0.1, 0.15) is 39.5 Å². The van der Waals surface area contributed by atoms with Gasteiger partial charge in [0.15, 0.2) is 17.7 Å². The Morgan fingerprint density at radius 2 is 1.97 bits per heavy atom. The van der Waals surface area contributed by atoms with E-state index in [1.165, 1.54) is 12.2 Å². The highest BCUT2D eigenvalue weighted by atomic mass is 16.5. The average molecular weight is 402 g/mol. The van der Waals surface area contributed by atoms with Crippen molar-refractivity contribution in [3.63, 3.8) is 0 Å². The third-order valence-corrected chi connectivity index (χ3v) is 6.79. The van der Waals surface area contributed by atoms with Crippen LogP contribution < -0.4 is 0 Å². The van der Waals surface area contributed by atoms with E-state index in [0.717, 1.165) is 6.42 Å². The normalized spacial score (nSPS) is 36.5. The largest absolute Gasteiger partial charge is 0.467 e. The Morgan fingerprint density at radius 3 is 2.59 bits per heavy atom. The number of aliphatic hydroxyl groups excluding tert-OH is 1. The summed E-state index contributed by atoms with van der Waals surface area (Å²) < 4.78 is 10.2. The molecule has 0 spiro atoms. The lowest BCUT2D eigenvalue weighted by molar-refractivity contribution is -0.167. The standard InChI is InChI=1S/C22H26O7/c1-4-6-13-9-14(25)16-15(17(13)26)19(29-12-24)18(27)20-21(2,10-28-11-23)7-5-8-22(16,20)3/h4,9,11-12,18-20,27H,1,5-8,10H2,2-3H3/t18-,19+,20+,21-,22-/m1/s1. The molecule has 0 heterocycles. The van der Waals surface area contributed by atoms with Crippen LogP contribution >= 0.6 is 0 Å². The predicted octanol–water partition coefficient (Wildman–Crippen LogP) is 1.84. The molecule has 7 heteroatoms. The van der Waals surface area contributed by atoms with Gasteiger partial charge in [-0.15, -0.1) is 6.58 Å². The van der Waals surface area contributed by atoms with E-state index in [0.29, 0.717) is 24.9 Å². The molecule has 29 heavy (non-hydrogen) atoms. The first-order valence-electron chi connectivity index (χ1n) is 9.72. The molecule has 0 aliphatic heterocycles. The van der Waals surface area contributed by atoms with Gasteiger partial charge in [0.1, 0.15) is 0 Å². The summed E-state index contributed by atoms with van der Waals surface area (Å²) in [4.78, 5) is 48.4. The van der Waals surface area contributed by atoms with Crippen molar-refractivity contribution in [1.29, 1.82) is 0 Å². The van der Waals surface area contributed by atoms with Crippen LogP contribution in [0, 0.1) is 16.7 Å². The van der Waals surface area contributed by atoms with Gasteiger partial charge in [0.25, 0.3) is 12.9 Å². The Bertz CT molecular complexity index is 823. The Balaban J connectivity index is 2.20. The maximum atomic E-state index is 13.2. The number of ether oxygens (including phenoxy) is 2. The van der Waals surface area contributed by atoms with Gasteiger partial charge < -0.3 is 14.6 Å². The highest BCUT2D eigenvalue weighted by Gasteiger charge is 2.62. The summed E-state index contributed by atoms with van der Waals surface area (Å²) in [5, 5.41) is 11.3. The molecule has 0 unspecified atom stereocenters. The Kier molecular flexibility index (Phi) is 5.63. The minimum absolute atomic E-state index is 0.0595. The van der Waals surface area contributed by atoms with Gasteiger partial charge in [-0.25, -0.2) is 0 Å². The summed E-state index contributed by atoms with van der Waals surface area (Å²) in [6.07, 6.45) is 2.57. The number of allylic oxidation sites excluding steroid dienone is 4. The Morgan fingerprint density at radius 1 is 1.24 bits per heavy atom. The number of rotatable bonds is 7. The third kappa shape index (κ3) is 3.17.